The van der Waals surface area contributed by atoms with Crippen LogP contribution in [0, 0.1) is 0 Å². The van der Waals surface area contributed by atoms with Crippen molar-refractivity contribution in [3.8, 4) is 0 Å². The number of hydrogen-bond acceptors (Lipinski definition) is 0. The van der Waals surface area contributed by atoms with Crippen LogP contribution >= 0.6 is 0 Å². The number of allylic oxidation sites excluding steroid dienone is 4. The van der Waals surface area contributed by atoms with Crippen molar-refractivity contribution in [2.24, 2.45) is 0 Å². The van der Waals surface area contributed by atoms with E-state index in [-0.39, 0.29) is 0 Å². The fourth-order valence-electron chi connectivity index (χ4n) is 1.27. The summed E-state index contributed by atoms with van der Waals surface area (Å²) in [5.74, 6) is 0. The van der Waals surface area contributed by atoms with Gasteiger partial charge in [-0.15, -0.1) is 18.9 Å². The zero-order chi connectivity index (χ0) is 13.5. The number of rotatable bonds is 3. The maximum absolute atomic E-state index is 3.90. The molecule has 0 unspecified atom stereocenters. The first-order valence-electron chi connectivity index (χ1n) is 6.36. The average Bonchev–Trinajstić information content (AvgIpc) is 2.30. The minimum Gasteiger partial charge on any atom is -0.107 e. The Labute approximate surface area is 110 Å². The smallest absolute Gasteiger partial charge is 0.0984 e. The molecule has 2 heteroatoms. The van der Waals surface area contributed by atoms with Crippen LogP contribution in [0.2, 0.25) is 32.7 Å². The molecule has 1 aliphatic rings. The van der Waals surface area contributed by atoms with Gasteiger partial charge in [0.1, 0.15) is 0 Å². The molecule has 0 amide bonds. The highest BCUT2D eigenvalue weighted by molar-refractivity contribution is 6.88. The summed E-state index contributed by atoms with van der Waals surface area (Å²) < 4.78 is 0. The molecule has 96 valence electrons. The van der Waals surface area contributed by atoms with Gasteiger partial charge in [-0.1, -0.05) is 61.9 Å². The topological polar surface area (TPSA) is 0 Å². The van der Waals surface area contributed by atoms with E-state index in [0.717, 1.165) is 0 Å². The second-order valence-corrected chi connectivity index (χ2v) is 15.8. The van der Waals surface area contributed by atoms with E-state index in [0.29, 0.717) is 0 Å². The maximum atomic E-state index is 3.90. The predicted octanol–water partition coefficient (Wildman–Crippen LogP) is 5.29. The highest BCUT2D eigenvalue weighted by atomic mass is 28.3. The molecule has 0 atom stereocenters. The van der Waals surface area contributed by atoms with E-state index in [1.807, 2.05) is 0 Å². The van der Waals surface area contributed by atoms with Gasteiger partial charge >= 0.3 is 0 Å². The minimum atomic E-state index is -1.20. The molecule has 1 rings (SSSR count). The van der Waals surface area contributed by atoms with Crippen molar-refractivity contribution < 1.29 is 0 Å². The fraction of sp³-hybridized carbons (Fsp3) is 0.467. The van der Waals surface area contributed by atoms with Gasteiger partial charge in [0.2, 0.25) is 0 Å². The van der Waals surface area contributed by atoms with E-state index in [4.69, 9.17) is 0 Å². The molecule has 0 aromatic rings. The lowest BCUT2D eigenvalue weighted by Crippen LogP contribution is -2.26. The Morgan fingerprint density at radius 1 is 1.06 bits per heavy atom. The molecule has 0 saturated carbocycles. The highest BCUT2D eigenvalue weighted by Crippen LogP contribution is 2.23. The Morgan fingerprint density at radius 2 is 1.59 bits per heavy atom. The van der Waals surface area contributed by atoms with Crippen molar-refractivity contribution in [2.45, 2.75) is 45.6 Å². The fourth-order valence-corrected chi connectivity index (χ4v) is 2.85. The van der Waals surface area contributed by atoms with Crippen molar-refractivity contribution in [1.82, 2.24) is 0 Å². The van der Waals surface area contributed by atoms with E-state index < -0.39 is 16.1 Å². The molecule has 0 fully saturated rings. The SMILES string of the molecule is C=C[Si](C)(C)C.C=C[Si](C)(C)C1=CC=CCC1. The van der Waals surface area contributed by atoms with Crippen molar-refractivity contribution in [2.75, 3.05) is 0 Å². The molecule has 1 aliphatic carbocycles. The average molecular weight is 265 g/mol. The van der Waals surface area contributed by atoms with Crippen LogP contribution in [0.5, 0.6) is 0 Å². The highest BCUT2D eigenvalue weighted by Gasteiger charge is 2.21. The molecular formula is C15H28Si2. The van der Waals surface area contributed by atoms with Crippen molar-refractivity contribution in [1.29, 1.82) is 0 Å². The molecule has 0 nitrogen and oxygen atoms in total. The summed E-state index contributed by atoms with van der Waals surface area (Å²) in [5.41, 5.74) is 4.24. The molecule has 0 heterocycles. The minimum absolute atomic E-state index is 0.867. The standard InChI is InChI=1S/C10H16Si.C5H12Si/c1-4-11(2,3)10-8-6-5-7-9-10;1-5-6(2,3)4/h4-6,8H,1,7,9H2,2-3H3;5H,1H2,2-4H3. The van der Waals surface area contributed by atoms with Crippen molar-refractivity contribution >= 4 is 16.1 Å². The van der Waals surface area contributed by atoms with Crippen molar-refractivity contribution in [3.63, 3.8) is 0 Å². The quantitative estimate of drug-likeness (QED) is 0.608. The predicted molar refractivity (Wildman–Crippen MR) is 87.7 cm³/mol. The van der Waals surface area contributed by atoms with E-state index in [2.05, 4.69) is 75.5 Å². The van der Waals surface area contributed by atoms with Gasteiger partial charge in [-0.3, -0.25) is 0 Å². The van der Waals surface area contributed by atoms with Crippen LogP contribution in [0.25, 0.3) is 0 Å². The van der Waals surface area contributed by atoms with Gasteiger partial charge in [0.25, 0.3) is 0 Å². The summed E-state index contributed by atoms with van der Waals surface area (Å²) in [6.07, 6.45) is 9.16. The molecule has 17 heavy (non-hydrogen) atoms. The monoisotopic (exact) mass is 264 g/mol. The lowest BCUT2D eigenvalue weighted by atomic mass is 10.2. The van der Waals surface area contributed by atoms with Gasteiger partial charge in [-0.2, -0.15) is 0 Å². The van der Waals surface area contributed by atoms with Gasteiger partial charge in [-0.25, -0.2) is 0 Å². The van der Waals surface area contributed by atoms with Crippen LogP contribution in [0.4, 0.5) is 0 Å². The molecular weight excluding hydrogens is 236 g/mol. The Bertz CT molecular complexity index is 314. The Kier molecular flexibility index (Phi) is 6.72. The molecule has 0 bridgehead atoms. The second kappa shape index (κ2) is 6.97. The van der Waals surface area contributed by atoms with Gasteiger partial charge in [-0.05, 0) is 12.8 Å². The molecule has 0 aromatic heterocycles. The molecule has 0 aliphatic heterocycles. The normalized spacial score (nSPS) is 15.5. The van der Waals surface area contributed by atoms with Crippen LogP contribution in [-0.4, -0.2) is 16.1 Å². The van der Waals surface area contributed by atoms with Crippen LogP contribution in [0.15, 0.2) is 48.0 Å². The summed E-state index contributed by atoms with van der Waals surface area (Å²) in [4.78, 5) is 0. The number of hydrogen-bond donors (Lipinski definition) is 0. The van der Waals surface area contributed by atoms with Gasteiger partial charge in [0.15, 0.2) is 0 Å². The summed E-state index contributed by atoms with van der Waals surface area (Å²) >= 11 is 0. The van der Waals surface area contributed by atoms with E-state index in [9.17, 15) is 0 Å². The van der Waals surface area contributed by atoms with E-state index >= 15 is 0 Å². The Balaban J connectivity index is 0.000000366. The van der Waals surface area contributed by atoms with Crippen LogP contribution < -0.4 is 0 Å². The van der Waals surface area contributed by atoms with Gasteiger partial charge < -0.3 is 0 Å². The first-order chi connectivity index (χ1) is 7.73. The largest absolute Gasteiger partial charge is 0.107 e. The van der Waals surface area contributed by atoms with Gasteiger partial charge in [0.05, 0.1) is 16.1 Å². The summed E-state index contributed by atoms with van der Waals surface area (Å²) in [5, 5.41) is 1.63. The molecule has 0 N–H and O–H groups in total. The molecule has 0 spiro atoms. The van der Waals surface area contributed by atoms with E-state index in [1.165, 1.54) is 12.8 Å². The first-order valence-corrected chi connectivity index (χ1v) is 13.0. The summed E-state index contributed by atoms with van der Waals surface area (Å²) in [7, 11) is -2.07. The summed E-state index contributed by atoms with van der Waals surface area (Å²) in [6, 6.07) is 0. The Morgan fingerprint density at radius 3 is 1.88 bits per heavy atom. The molecule has 0 saturated heterocycles. The molecule has 0 radical (unpaired) electrons. The van der Waals surface area contributed by atoms with Crippen LogP contribution in [-0.2, 0) is 0 Å². The van der Waals surface area contributed by atoms with Crippen LogP contribution in [0.1, 0.15) is 12.8 Å². The van der Waals surface area contributed by atoms with E-state index in [1.54, 1.807) is 5.20 Å². The third kappa shape index (κ3) is 7.34. The zero-order valence-electron chi connectivity index (χ0n) is 12.2. The third-order valence-corrected chi connectivity index (χ3v) is 7.28. The lowest BCUT2D eigenvalue weighted by molar-refractivity contribution is 1.00. The zero-order valence-corrected chi connectivity index (χ0v) is 14.2. The van der Waals surface area contributed by atoms with Crippen LogP contribution in [0.3, 0.4) is 0 Å². The second-order valence-electron chi connectivity index (χ2n) is 6.15. The summed E-state index contributed by atoms with van der Waals surface area (Å²) in [6.45, 7) is 19.1. The molecule has 0 aromatic carbocycles. The van der Waals surface area contributed by atoms with Crippen molar-refractivity contribution in [3.05, 3.63) is 48.0 Å². The maximum Gasteiger partial charge on any atom is 0.0984 e. The Hall–Kier alpha value is -0.606. The van der Waals surface area contributed by atoms with Gasteiger partial charge in [0, 0.05) is 0 Å². The lowest BCUT2D eigenvalue weighted by Gasteiger charge is -2.22. The first kappa shape index (κ1) is 16.4. The third-order valence-electron chi connectivity index (χ3n) is 2.96.